The van der Waals surface area contributed by atoms with E-state index in [-0.39, 0.29) is 12.5 Å². The van der Waals surface area contributed by atoms with Crippen LogP contribution in [0.5, 0.6) is 5.75 Å². The highest BCUT2D eigenvalue weighted by Gasteiger charge is 2.30. The molecule has 1 unspecified atom stereocenters. The van der Waals surface area contributed by atoms with Crippen LogP contribution in [0.2, 0.25) is 0 Å². The molecule has 1 aliphatic rings. The van der Waals surface area contributed by atoms with E-state index in [1.54, 1.807) is 24.0 Å². The van der Waals surface area contributed by atoms with E-state index in [4.69, 9.17) is 9.84 Å². The minimum absolute atomic E-state index is 0.163. The number of benzene rings is 1. The Kier molecular flexibility index (Phi) is 5.22. The Labute approximate surface area is 132 Å². The number of carboxylic acids is 1. The van der Waals surface area contributed by atoms with Gasteiger partial charge < -0.3 is 14.7 Å². The molecule has 0 radical (unpaired) electrons. The van der Waals surface area contributed by atoms with Crippen molar-refractivity contribution in [3.8, 4) is 5.75 Å². The highest BCUT2D eigenvalue weighted by molar-refractivity contribution is 9.10. The van der Waals surface area contributed by atoms with E-state index in [0.29, 0.717) is 25.1 Å². The fraction of sp³-hybridized carbons (Fsp3) is 0.467. The van der Waals surface area contributed by atoms with Gasteiger partial charge in [-0.25, -0.2) is 0 Å². The first-order valence-corrected chi connectivity index (χ1v) is 7.70. The maximum Gasteiger partial charge on any atom is 0.308 e. The van der Waals surface area contributed by atoms with Gasteiger partial charge in [-0.2, -0.15) is 0 Å². The first-order valence-electron chi connectivity index (χ1n) is 6.91. The molecule has 1 aliphatic heterocycles. The van der Waals surface area contributed by atoms with Gasteiger partial charge in [0.15, 0.2) is 6.10 Å². The second-order valence-corrected chi connectivity index (χ2v) is 6.09. The SMILES string of the molecule is CC(Oc1ccc(Br)cc1)C(=O)N1CCC[C@H](C(=O)O)C1. The van der Waals surface area contributed by atoms with Gasteiger partial charge in [-0.1, -0.05) is 15.9 Å². The Morgan fingerprint density at radius 3 is 2.67 bits per heavy atom. The molecule has 0 aliphatic carbocycles. The van der Waals surface area contributed by atoms with Crippen molar-refractivity contribution in [1.29, 1.82) is 0 Å². The number of ether oxygens (including phenoxy) is 1. The number of halogens is 1. The van der Waals surface area contributed by atoms with Gasteiger partial charge in [0, 0.05) is 17.6 Å². The minimum Gasteiger partial charge on any atom is -0.481 e. The van der Waals surface area contributed by atoms with Gasteiger partial charge in [-0.05, 0) is 44.0 Å². The van der Waals surface area contributed by atoms with Crippen LogP contribution in [-0.4, -0.2) is 41.1 Å². The standard InChI is InChI=1S/C15H18BrNO4/c1-10(21-13-6-4-12(16)5-7-13)14(18)17-8-2-3-11(9-17)15(19)20/h4-7,10-11H,2-3,8-9H2,1H3,(H,19,20)/t10?,11-/m0/s1. The molecule has 1 heterocycles. The first kappa shape index (κ1) is 15.8. The van der Waals surface area contributed by atoms with E-state index in [1.807, 2.05) is 12.1 Å². The largest absolute Gasteiger partial charge is 0.481 e. The molecular weight excluding hydrogens is 338 g/mol. The number of piperidine rings is 1. The van der Waals surface area contributed by atoms with Crippen LogP contribution < -0.4 is 4.74 Å². The molecule has 1 N–H and O–H groups in total. The molecule has 1 aromatic carbocycles. The van der Waals surface area contributed by atoms with Crippen LogP contribution in [0.1, 0.15) is 19.8 Å². The lowest BCUT2D eigenvalue weighted by atomic mass is 9.98. The van der Waals surface area contributed by atoms with Crippen molar-refractivity contribution in [2.75, 3.05) is 13.1 Å². The Hall–Kier alpha value is -1.56. The Morgan fingerprint density at radius 1 is 1.38 bits per heavy atom. The van der Waals surface area contributed by atoms with Gasteiger partial charge in [-0.3, -0.25) is 9.59 Å². The summed E-state index contributed by atoms with van der Waals surface area (Å²) in [4.78, 5) is 25.0. The topological polar surface area (TPSA) is 66.8 Å². The molecule has 114 valence electrons. The number of amides is 1. The van der Waals surface area contributed by atoms with Crippen LogP contribution in [0.4, 0.5) is 0 Å². The number of rotatable bonds is 4. The van der Waals surface area contributed by atoms with E-state index >= 15 is 0 Å². The van der Waals surface area contributed by atoms with Gasteiger partial charge in [0.25, 0.3) is 5.91 Å². The average Bonchev–Trinajstić information content (AvgIpc) is 2.49. The number of likely N-dealkylation sites (tertiary alicyclic amines) is 1. The Morgan fingerprint density at radius 2 is 2.05 bits per heavy atom. The van der Waals surface area contributed by atoms with Crippen molar-refractivity contribution < 1.29 is 19.4 Å². The zero-order valence-electron chi connectivity index (χ0n) is 11.8. The van der Waals surface area contributed by atoms with E-state index in [9.17, 15) is 9.59 Å². The van der Waals surface area contributed by atoms with Crippen LogP contribution in [-0.2, 0) is 9.59 Å². The van der Waals surface area contributed by atoms with Crippen molar-refractivity contribution >= 4 is 27.8 Å². The highest BCUT2D eigenvalue weighted by Crippen LogP contribution is 2.20. The molecule has 1 amide bonds. The molecule has 0 bridgehead atoms. The molecule has 21 heavy (non-hydrogen) atoms. The van der Waals surface area contributed by atoms with E-state index < -0.39 is 18.0 Å². The lowest BCUT2D eigenvalue weighted by Gasteiger charge is -2.32. The Balaban J connectivity index is 1.95. The number of hydrogen-bond donors (Lipinski definition) is 1. The molecular formula is C15H18BrNO4. The minimum atomic E-state index is -0.839. The normalized spacial score (nSPS) is 19.9. The maximum absolute atomic E-state index is 12.3. The van der Waals surface area contributed by atoms with E-state index in [0.717, 1.165) is 4.47 Å². The summed E-state index contributed by atoms with van der Waals surface area (Å²) in [7, 11) is 0. The van der Waals surface area contributed by atoms with Crippen molar-refractivity contribution in [2.24, 2.45) is 5.92 Å². The molecule has 1 saturated heterocycles. The molecule has 1 fully saturated rings. The van der Waals surface area contributed by atoms with Gasteiger partial charge in [0.05, 0.1) is 5.92 Å². The van der Waals surface area contributed by atoms with E-state index in [2.05, 4.69) is 15.9 Å². The molecule has 0 aromatic heterocycles. The fourth-order valence-electron chi connectivity index (χ4n) is 2.40. The first-order chi connectivity index (χ1) is 9.97. The third-order valence-electron chi connectivity index (χ3n) is 3.56. The molecule has 5 nitrogen and oxygen atoms in total. The van der Waals surface area contributed by atoms with Crippen molar-refractivity contribution in [3.05, 3.63) is 28.7 Å². The van der Waals surface area contributed by atoms with Crippen molar-refractivity contribution in [1.82, 2.24) is 4.90 Å². The summed E-state index contributed by atoms with van der Waals surface area (Å²) in [5.41, 5.74) is 0. The quantitative estimate of drug-likeness (QED) is 0.900. The third kappa shape index (κ3) is 4.20. The predicted molar refractivity (Wildman–Crippen MR) is 81.2 cm³/mol. The molecule has 0 spiro atoms. The number of nitrogens with zero attached hydrogens (tertiary/aromatic N) is 1. The summed E-state index contributed by atoms with van der Waals surface area (Å²) in [6, 6.07) is 7.25. The molecule has 1 aromatic rings. The van der Waals surface area contributed by atoms with Crippen LogP contribution in [0.3, 0.4) is 0 Å². The predicted octanol–water partition coefficient (Wildman–Crippen LogP) is 2.54. The number of aliphatic carboxylic acids is 1. The fourth-order valence-corrected chi connectivity index (χ4v) is 2.67. The Bertz CT molecular complexity index is 517. The molecule has 6 heteroatoms. The molecule has 2 rings (SSSR count). The summed E-state index contributed by atoms with van der Waals surface area (Å²) in [6.45, 7) is 2.55. The second-order valence-electron chi connectivity index (χ2n) is 5.18. The van der Waals surface area contributed by atoms with Crippen LogP contribution >= 0.6 is 15.9 Å². The second kappa shape index (κ2) is 6.93. The summed E-state index contributed by atoms with van der Waals surface area (Å²) >= 11 is 3.34. The number of carbonyl (C=O) groups is 2. The zero-order chi connectivity index (χ0) is 15.4. The maximum atomic E-state index is 12.3. The van der Waals surface area contributed by atoms with Crippen LogP contribution in [0, 0.1) is 5.92 Å². The van der Waals surface area contributed by atoms with Gasteiger partial charge in [-0.15, -0.1) is 0 Å². The summed E-state index contributed by atoms with van der Waals surface area (Å²) in [6.07, 6.45) is 0.716. The summed E-state index contributed by atoms with van der Waals surface area (Å²) in [5, 5.41) is 9.06. The number of hydrogen-bond acceptors (Lipinski definition) is 3. The molecule has 0 saturated carbocycles. The third-order valence-corrected chi connectivity index (χ3v) is 4.09. The number of carbonyl (C=O) groups excluding carboxylic acids is 1. The van der Waals surface area contributed by atoms with Crippen molar-refractivity contribution in [3.63, 3.8) is 0 Å². The van der Waals surface area contributed by atoms with Crippen LogP contribution in [0.25, 0.3) is 0 Å². The van der Waals surface area contributed by atoms with Gasteiger partial charge in [0.2, 0.25) is 0 Å². The van der Waals surface area contributed by atoms with Crippen molar-refractivity contribution in [2.45, 2.75) is 25.9 Å². The molecule has 2 atom stereocenters. The highest BCUT2D eigenvalue weighted by atomic mass is 79.9. The summed E-state index contributed by atoms with van der Waals surface area (Å²) < 4.78 is 6.56. The lowest BCUT2D eigenvalue weighted by molar-refractivity contribution is -0.147. The monoisotopic (exact) mass is 355 g/mol. The lowest BCUT2D eigenvalue weighted by Crippen LogP contribution is -2.47. The van der Waals surface area contributed by atoms with Crippen LogP contribution in [0.15, 0.2) is 28.7 Å². The smallest absolute Gasteiger partial charge is 0.308 e. The van der Waals surface area contributed by atoms with Gasteiger partial charge >= 0.3 is 5.97 Å². The average molecular weight is 356 g/mol. The zero-order valence-corrected chi connectivity index (χ0v) is 13.4. The number of carboxylic acid groups (broad SMARTS) is 1. The summed E-state index contributed by atoms with van der Waals surface area (Å²) in [5.74, 6) is -0.855. The van der Waals surface area contributed by atoms with Gasteiger partial charge in [0.1, 0.15) is 5.75 Å². The van der Waals surface area contributed by atoms with E-state index in [1.165, 1.54) is 0 Å².